The topological polar surface area (TPSA) is 467 Å². The number of carboxylic acid groups (broad SMARTS) is 2. The largest absolute Gasteiger partial charge is 0.481 e. The first-order chi connectivity index (χ1) is 32.7. The van der Waals surface area contributed by atoms with E-state index >= 15 is 0 Å². The average Bonchev–Trinajstić information content (AvgIpc) is 3.78. The third-order valence-electron chi connectivity index (χ3n) is 10.2. The van der Waals surface area contributed by atoms with E-state index in [-0.39, 0.29) is 62.1 Å². The minimum Gasteiger partial charge on any atom is -0.481 e. The Morgan fingerprint density at radius 3 is 1.71 bits per heavy atom. The van der Waals surface area contributed by atoms with Gasteiger partial charge in [0.1, 0.15) is 48.3 Å². The van der Waals surface area contributed by atoms with Crippen molar-refractivity contribution in [2.24, 2.45) is 39.9 Å². The highest BCUT2D eigenvalue weighted by Gasteiger charge is 2.35. The lowest BCUT2D eigenvalue weighted by atomic mass is 10.00. The van der Waals surface area contributed by atoms with Gasteiger partial charge in [0.05, 0.1) is 32.0 Å². The van der Waals surface area contributed by atoms with Crippen molar-refractivity contribution in [3.05, 3.63) is 18.2 Å². The van der Waals surface area contributed by atoms with E-state index in [0.717, 1.165) is 0 Å². The van der Waals surface area contributed by atoms with E-state index in [1.54, 1.807) is 41.5 Å². The Labute approximate surface area is 404 Å². The zero-order valence-electron chi connectivity index (χ0n) is 40.4. The number of carbonyl (C=O) groups excluding carboxylic acids is 8. The number of aliphatic imine (C=N–C) groups is 1. The molecule has 9 atom stereocenters. The molecule has 28 nitrogen and oxygen atoms in total. The summed E-state index contributed by atoms with van der Waals surface area (Å²) in [6.45, 7) is 9.66. The second kappa shape index (κ2) is 30.5. The van der Waals surface area contributed by atoms with Gasteiger partial charge in [-0.1, -0.05) is 41.5 Å². The molecule has 19 N–H and O–H groups in total. The maximum absolute atomic E-state index is 13.8. The molecule has 0 radical (unpaired) electrons. The smallest absolute Gasteiger partial charge is 0.326 e. The minimum absolute atomic E-state index is 0.0104. The minimum atomic E-state index is -1.86. The van der Waals surface area contributed by atoms with Crippen molar-refractivity contribution < 1.29 is 68.4 Å². The molecule has 0 aromatic carbocycles. The molecule has 0 aliphatic rings. The summed E-state index contributed by atoms with van der Waals surface area (Å²) < 4.78 is 0. The lowest BCUT2D eigenvalue weighted by Crippen LogP contribution is -2.60. The number of aromatic amines is 1. The summed E-state index contributed by atoms with van der Waals surface area (Å²) in [5.41, 5.74) is 16.9. The molecule has 0 saturated carbocycles. The second-order valence-electron chi connectivity index (χ2n) is 17.7. The standard InChI is InChI=1S/C42H72N14O14/c1-19(2)11-25(52-35(63)24(9-8-10-47-42(44)45)51-40(68)33(21(5)6)56-39(67)32(43)22(7)58)34(62)48-16-30(59)50-27(14-31(60)61)37(65)53-26(13-23-15-46-18-49-23)36(64)55-29(17-57)38(66)54-28(41(69)70)12-20(3)4/h15,18-22,24-29,32-33,57-58H,8-14,16-17,43H2,1-7H3,(H,46,49)(H,48,62)(H,50,59)(H,51,68)(H,52,63)(H,53,65)(H,54,66)(H,55,64)(H,56,67)(H,60,61)(H,69,70)(H4,44,45,47)/t22-,24+,25+,26+,27+,28+,29+,32+,33+/m1/s1. The number of carboxylic acids is 2. The number of aliphatic hydroxyl groups is 2. The van der Waals surface area contributed by atoms with Gasteiger partial charge in [0.25, 0.3) is 0 Å². The van der Waals surface area contributed by atoms with Gasteiger partial charge in [0, 0.05) is 24.9 Å². The van der Waals surface area contributed by atoms with Crippen LogP contribution in [0, 0.1) is 17.8 Å². The number of hydrogen-bond donors (Lipinski definition) is 16. The van der Waals surface area contributed by atoms with Crippen LogP contribution in [-0.2, 0) is 54.4 Å². The molecule has 1 aromatic heterocycles. The van der Waals surface area contributed by atoms with Gasteiger partial charge in [-0.2, -0.15) is 0 Å². The number of nitrogens with one attached hydrogen (secondary N) is 9. The van der Waals surface area contributed by atoms with Crippen molar-refractivity contribution in [1.82, 2.24) is 52.5 Å². The first kappa shape index (κ1) is 61.1. The molecule has 1 aromatic rings. The van der Waals surface area contributed by atoms with Gasteiger partial charge in [-0.15, -0.1) is 0 Å². The van der Waals surface area contributed by atoms with E-state index in [0.29, 0.717) is 0 Å². The summed E-state index contributed by atoms with van der Waals surface area (Å²) in [6.07, 6.45) is 0.114. The molecule has 70 heavy (non-hydrogen) atoms. The van der Waals surface area contributed by atoms with Gasteiger partial charge < -0.3 is 85.1 Å². The number of carbonyl (C=O) groups is 10. The number of amides is 8. The number of imidazole rings is 1. The fourth-order valence-corrected chi connectivity index (χ4v) is 6.46. The van der Waals surface area contributed by atoms with Crippen molar-refractivity contribution in [2.45, 2.75) is 141 Å². The number of H-pyrrole nitrogens is 1. The molecule has 0 fully saturated rings. The fourth-order valence-electron chi connectivity index (χ4n) is 6.46. The number of aromatic nitrogens is 2. The molecule has 0 aliphatic carbocycles. The van der Waals surface area contributed by atoms with E-state index in [1.807, 2.05) is 0 Å². The van der Waals surface area contributed by atoms with Crippen LogP contribution in [0.4, 0.5) is 0 Å². The predicted octanol–water partition coefficient (Wildman–Crippen LogP) is -5.48. The number of aliphatic hydroxyl groups excluding tert-OH is 2. The summed E-state index contributed by atoms with van der Waals surface area (Å²) >= 11 is 0. The maximum Gasteiger partial charge on any atom is 0.326 e. The van der Waals surface area contributed by atoms with E-state index < -0.39 is 139 Å². The molecule has 0 unspecified atom stereocenters. The van der Waals surface area contributed by atoms with E-state index in [1.165, 1.54) is 19.4 Å². The van der Waals surface area contributed by atoms with Crippen LogP contribution in [0.5, 0.6) is 0 Å². The molecule has 8 amide bonds. The van der Waals surface area contributed by atoms with E-state index in [2.05, 4.69) is 57.5 Å². The number of nitrogens with two attached hydrogens (primary N) is 3. The van der Waals surface area contributed by atoms with Crippen LogP contribution < -0.4 is 59.7 Å². The van der Waals surface area contributed by atoms with Gasteiger partial charge >= 0.3 is 11.9 Å². The highest BCUT2D eigenvalue weighted by molar-refractivity contribution is 5.98. The Morgan fingerprint density at radius 2 is 1.20 bits per heavy atom. The molecule has 0 spiro atoms. The molecule has 1 heterocycles. The lowest BCUT2D eigenvalue weighted by molar-refractivity contribution is -0.143. The lowest BCUT2D eigenvalue weighted by Gasteiger charge is -2.28. The van der Waals surface area contributed by atoms with Crippen molar-refractivity contribution in [2.75, 3.05) is 19.7 Å². The van der Waals surface area contributed by atoms with Crippen LogP contribution in [0.2, 0.25) is 0 Å². The maximum atomic E-state index is 13.8. The highest BCUT2D eigenvalue weighted by Crippen LogP contribution is 2.11. The van der Waals surface area contributed by atoms with E-state index in [4.69, 9.17) is 17.2 Å². The predicted molar refractivity (Wildman–Crippen MR) is 249 cm³/mol. The highest BCUT2D eigenvalue weighted by atomic mass is 16.4. The Balaban J connectivity index is 3.28. The van der Waals surface area contributed by atoms with Gasteiger partial charge in [0.15, 0.2) is 5.96 Å². The second-order valence-corrected chi connectivity index (χ2v) is 17.7. The van der Waals surface area contributed by atoms with Crippen LogP contribution in [0.1, 0.15) is 86.3 Å². The van der Waals surface area contributed by atoms with Crippen LogP contribution in [-0.4, -0.2) is 170 Å². The Morgan fingerprint density at radius 1 is 0.671 bits per heavy atom. The van der Waals surface area contributed by atoms with Crippen LogP contribution >= 0.6 is 0 Å². The summed E-state index contributed by atoms with van der Waals surface area (Å²) in [4.78, 5) is 141. The number of aliphatic carboxylic acids is 2. The Hall–Kier alpha value is -6.94. The summed E-state index contributed by atoms with van der Waals surface area (Å²) in [5, 5.41) is 57.9. The quantitative estimate of drug-likeness (QED) is 0.0182. The van der Waals surface area contributed by atoms with Gasteiger partial charge in [-0.05, 0) is 50.4 Å². The van der Waals surface area contributed by atoms with Crippen LogP contribution in [0.3, 0.4) is 0 Å². The Kier molecular flexibility index (Phi) is 26.6. The zero-order valence-corrected chi connectivity index (χ0v) is 40.4. The first-order valence-electron chi connectivity index (χ1n) is 22.6. The summed E-state index contributed by atoms with van der Waals surface area (Å²) in [7, 11) is 0. The zero-order chi connectivity index (χ0) is 53.4. The third-order valence-corrected chi connectivity index (χ3v) is 10.2. The molecule has 28 heteroatoms. The SMILES string of the molecule is CC(C)C[C@H](NC(=O)[C@H](CO)NC(=O)[C@H](Cc1cnc[nH]1)NC(=O)[C@H](CC(=O)O)NC(=O)CNC(=O)[C@H](CC(C)C)NC(=O)[C@H](CCCN=C(N)N)NC(=O)[C@@H](NC(=O)[C@@H](N)[C@@H](C)O)C(C)C)C(=O)O. The molecular formula is C42H72N14O14. The van der Waals surface area contributed by atoms with Crippen molar-refractivity contribution in [3.8, 4) is 0 Å². The number of hydrogen-bond acceptors (Lipinski definition) is 15. The number of guanidine groups is 1. The monoisotopic (exact) mass is 997 g/mol. The molecule has 0 bridgehead atoms. The molecular weight excluding hydrogens is 925 g/mol. The van der Waals surface area contributed by atoms with Crippen molar-refractivity contribution in [1.29, 1.82) is 0 Å². The fraction of sp³-hybridized carbons (Fsp3) is 0.667. The molecule has 1 rings (SSSR count). The summed E-state index contributed by atoms with van der Waals surface area (Å²) in [6, 6.07) is -11.7. The Bertz CT molecular complexity index is 1960. The number of nitrogens with zero attached hydrogens (tertiary/aromatic N) is 2. The molecule has 394 valence electrons. The number of rotatable bonds is 32. The average molecular weight is 997 g/mol. The summed E-state index contributed by atoms with van der Waals surface area (Å²) in [5.74, 6) is -11.8. The van der Waals surface area contributed by atoms with Gasteiger partial charge in [-0.3, -0.25) is 48.1 Å². The normalized spacial score (nSPS) is 15.0. The van der Waals surface area contributed by atoms with Crippen molar-refractivity contribution >= 4 is 65.2 Å². The third kappa shape index (κ3) is 22.9. The van der Waals surface area contributed by atoms with Crippen molar-refractivity contribution in [3.63, 3.8) is 0 Å². The van der Waals surface area contributed by atoms with Gasteiger partial charge in [0.2, 0.25) is 47.3 Å². The molecule has 0 saturated heterocycles. The first-order valence-corrected chi connectivity index (χ1v) is 22.6. The van der Waals surface area contributed by atoms with Crippen LogP contribution in [0.15, 0.2) is 17.5 Å². The van der Waals surface area contributed by atoms with E-state index in [9.17, 15) is 68.4 Å². The molecule has 0 aliphatic heterocycles. The van der Waals surface area contributed by atoms with Crippen LogP contribution in [0.25, 0.3) is 0 Å². The van der Waals surface area contributed by atoms with Gasteiger partial charge in [-0.25, -0.2) is 9.78 Å².